The van der Waals surface area contributed by atoms with Crippen LogP contribution in [0, 0.1) is 0 Å². The predicted molar refractivity (Wildman–Crippen MR) is 51.8 cm³/mol. The zero-order valence-corrected chi connectivity index (χ0v) is 7.83. The average Bonchev–Trinajstić information content (AvgIpc) is 2.68. The second-order valence-corrected chi connectivity index (χ2v) is 3.07. The van der Waals surface area contributed by atoms with Gasteiger partial charge in [-0.1, -0.05) is 0 Å². The molecular weight excluding hydrogens is 178 g/mol. The summed E-state index contributed by atoms with van der Waals surface area (Å²) >= 11 is 0. The lowest BCUT2D eigenvalue weighted by Gasteiger charge is -1.99. The van der Waals surface area contributed by atoms with E-state index in [4.69, 9.17) is 5.73 Å². The first-order valence-corrected chi connectivity index (χ1v) is 4.34. The molecule has 0 saturated carbocycles. The van der Waals surface area contributed by atoms with Crippen LogP contribution in [0.25, 0.3) is 5.82 Å². The third kappa shape index (κ3) is 1.62. The minimum absolute atomic E-state index is 0.0135. The number of hydrogen-bond donors (Lipinski definition) is 1. The van der Waals surface area contributed by atoms with Crippen molar-refractivity contribution in [1.29, 1.82) is 0 Å². The number of rotatable bonds is 2. The van der Waals surface area contributed by atoms with E-state index in [0.717, 1.165) is 5.56 Å². The van der Waals surface area contributed by atoms with Gasteiger partial charge in [0.05, 0.1) is 12.4 Å². The van der Waals surface area contributed by atoms with Crippen LogP contribution >= 0.6 is 0 Å². The normalized spacial score (nSPS) is 12.7. The summed E-state index contributed by atoms with van der Waals surface area (Å²) in [5.41, 5.74) is 6.70. The summed E-state index contributed by atoms with van der Waals surface area (Å²) in [5, 5.41) is 4.14. The fraction of sp³-hybridized carbons (Fsp3) is 0.222. The molecule has 2 aromatic heterocycles. The van der Waals surface area contributed by atoms with Gasteiger partial charge in [0, 0.05) is 30.2 Å². The largest absolute Gasteiger partial charge is 0.324 e. The van der Waals surface area contributed by atoms with Crippen molar-refractivity contribution in [3.63, 3.8) is 0 Å². The van der Waals surface area contributed by atoms with E-state index < -0.39 is 0 Å². The van der Waals surface area contributed by atoms with Gasteiger partial charge in [-0.15, -0.1) is 0 Å². The van der Waals surface area contributed by atoms with Gasteiger partial charge in [-0.05, 0) is 6.92 Å². The van der Waals surface area contributed by atoms with E-state index in [-0.39, 0.29) is 6.04 Å². The average molecular weight is 189 g/mol. The summed E-state index contributed by atoms with van der Waals surface area (Å²) in [6.07, 6.45) is 8.49. The Hall–Kier alpha value is -1.75. The Balaban J connectivity index is 2.34. The van der Waals surface area contributed by atoms with Gasteiger partial charge in [-0.3, -0.25) is 4.98 Å². The molecule has 0 amide bonds. The third-order valence-electron chi connectivity index (χ3n) is 1.91. The second kappa shape index (κ2) is 3.55. The van der Waals surface area contributed by atoms with Crippen molar-refractivity contribution in [2.75, 3.05) is 0 Å². The van der Waals surface area contributed by atoms with Crippen molar-refractivity contribution in [2.24, 2.45) is 5.73 Å². The van der Waals surface area contributed by atoms with Crippen LogP contribution in [0.15, 0.2) is 31.0 Å². The van der Waals surface area contributed by atoms with Crippen molar-refractivity contribution in [2.45, 2.75) is 13.0 Å². The van der Waals surface area contributed by atoms with E-state index >= 15 is 0 Å². The fourth-order valence-electron chi connectivity index (χ4n) is 1.11. The first-order valence-electron chi connectivity index (χ1n) is 4.34. The van der Waals surface area contributed by atoms with Crippen LogP contribution in [0.2, 0.25) is 0 Å². The molecule has 0 spiro atoms. The molecule has 2 N–H and O–H groups in total. The molecule has 0 radical (unpaired) electrons. The molecule has 0 unspecified atom stereocenters. The van der Waals surface area contributed by atoms with Gasteiger partial charge in [0.1, 0.15) is 0 Å². The van der Waals surface area contributed by atoms with Crippen LogP contribution in [0.1, 0.15) is 18.5 Å². The van der Waals surface area contributed by atoms with Crippen molar-refractivity contribution in [3.8, 4) is 5.82 Å². The molecule has 2 heterocycles. The van der Waals surface area contributed by atoms with E-state index in [2.05, 4.69) is 15.1 Å². The molecule has 0 aromatic carbocycles. The van der Waals surface area contributed by atoms with Gasteiger partial charge in [0.2, 0.25) is 0 Å². The Kier molecular flexibility index (Phi) is 2.24. The highest BCUT2D eigenvalue weighted by atomic mass is 15.3. The summed E-state index contributed by atoms with van der Waals surface area (Å²) < 4.78 is 1.66. The number of hydrogen-bond acceptors (Lipinski definition) is 4. The fourth-order valence-corrected chi connectivity index (χ4v) is 1.11. The van der Waals surface area contributed by atoms with Crippen LogP contribution in [0.4, 0.5) is 0 Å². The van der Waals surface area contributed by atoms with Crippen molar-refractivity contribution < 1.29 is 0 Å². The minimum atomic E-state index is -0.0135. The highest BCUT2D eigenvalue weighted by Crippen LogP contribution is 2.09. The molecule has 5 heteroatoms. The predicted octanol–water partition coefficient (Wildman–Crippen LogP) is 0.682. The lowest BCUT2D eigenvalue weighted by Crippen LogP contribution is -2.03. The summed E-state index contributed by atoms with van der Waals surface area (Å²) in [4.78, 5) is 8.08. The molecule has 0 fully saturated rings. The molecule has 2 rings (SSSR count). The Morgan fingerprint density at radius 1 is 1.36 bits per heavy atom. The maximum atomic E-state index is 5.72. The molecular formula is C9H11N5. The van der Waals surface area contributed by atoms with E-state index in [0.29, 0.717) is 5.82 Å². The minimum Gasteiger partial charge on any atom is -0.324 e. The Morgan fingerprint density at radius 2 is 2.21 bits per heavy atom. The van der Waals surface area contributed by atoms with E-state index in [1.807, 2.05) is 13.1 Å². The summed E-state index contributed by atoms with van der Waals surface area (Å²) in [7, 11) is 0. The van der Waals surface area contributed by atoms with Crippen molar-refractivity contribution in [1.82, 2.24) is 19.7 Å². The zero-order chi connectivity index (χ0) is 9.97. The molecule has 72 valence electrons. The molecule has 2 aromatic rings. The van der Waals surface area contributed by atoms with E-state index in [1.54, 1.807) is 29.5 Å². The molecule has 0 bridgehead atoms. The monoisotopic (exact) mass is 189 g/mol. The lowest BCUT2D eigenvalue weighted by atomic mass is 10.2. The maximum absolute atomic E-state index is 5.72. The molecule has 0 aliphatic rings. The van der Waals surface area contributed by atoms with Crippen molar-refractivity contribution in [3.05, 3.63) is 36.5 Å². The van der Waals surface area contributed by atoms with Gasteiger partial charge < -0.3 is 5.73 Å². The summed E-state index contributed by atoms with van der Waals surface area (Å²) in [6, 6.07) is -0.0135. The standard InChI is InChI=1S/C9H11N5/c1-7(10)8-4-13-14(6-8)9-5-11-2-3-12-9/h2-7H,10H2,1H3/t7-/m1/s1. The quantitative estimate of drug-likeness (QED) is 0.754. The number of nitrogens with zero attached hydrogens (tertiary/aromatic N) is 4. The van der Waals surface area contributed by atoms with Crippen LogP contribution in [0.3, 0.4) is 0 Å². The summed E-state index contributed by atoms with van der Waals surface area (Å²) in [5.74, 6) is 0.694. The third-order valence-corrected chi connectivity index (χ3v) is 1.91. The molecule has 0 aliphatic heterocycles. The number of nitrogens with two attached hydrogens (primary N) is 1. The zero-order valence-electron chi connectivity index (χ0n) is 7.83. The smallest absolute Gasteiger partial charge is 0.171 e. The van der Waals surface area contributed by atoms with Crippen LogP contribution < -0.4 is 5.73 Å². The number of aromatic nitrogens is 4. The second-order valence-electron chi connectivity index (χ2n) is 3.07. The topological polar surface area (TPSA) is 69.6 Å². The summed E-state index contributed by atoms with van der Waals surface area (Å²) in [6.45, 7) is 1.91. The van der Waals surface area contributed by atoms with Gasteiger partial charge >= 0.3 is 0 Å². The highest BCUT2D eigenvalue weighted by Gasteiger charge is 2.04. The molecule has 0 aliphatic carbocycles. The van der Waals surface area contributed by atoms with E-state index in [1.165, 1.54) is 0 Å². The van der Waals surface area contributed by atoms with Crippen LogP contribution in [-0.4, -0.2) is 19.7 Å². The molecule has 14 heavy (non-hydrogen) atoms. The Morgan fingerprint density at radius 3 is 2.79 bits per heavy atom. The van der Waals surface area contributed by atoms with Crippen LogP contribution in [0.5, 0.6) is 0 Å². The first kappa shape index (κ1) is 8.83. The molecule has 1 atom stereocenters. The Labute approximate surface area is 81.6 Å². The van der Waals surface area contributed by atoms with Crippen molar-refractivity contribution >= 4 is 0 Å². The van der Waals surface area contributed by atoms with Gasteiger partial charge in [0.25, 0.3) is 0 Å². The molecule has 5 nitrogen and oxygen atoms in total. The first-order chi connectivity index (χ1) is 6.77. The SMILES string of the molecule is C[C@@H](N)c1cnn(-c2cnccn2)c1. The van der Waals surface area contributed by atoms with E-state index in [9.17, 15) is 0 Å². The lowest BCUT2D eigenvalue weighted by molar-refractivity contribution is 0.811. The van der Waals surface area contributed by atoms with Gasteiger partial charge in [-0.2, -0.15) is 5.10 Å². The molecule has 0 saturated heterocycles. The van der Waals surface area contributed by atoms with Gasteiger partial charge in [0.15, 0.2) is 5.82 Å². The van der Waals surface area contributed by atoms with Crippen LogP contribution in [-0.2, 0) is 0 Å². The highest BCUT2D eigenvalue weighted by molar-refractivity contribution is 5.19. The Bertz CT molecular complexity index is 406. The maximum Gasteiger partial charge on any atom is 0.171 e. The van der Waals surface area contributed by atoms with Gasteiger partial charge in [-0.25, -0.2) is 9.67 Å².